The lowest BCUT2D eigenvalue weighted by Gasteiger charge is -2.06. The van der Waals surface area contributed by atoms with E-state index in [0.29, 0.717) is 17.7 Å². The van der Waals surface area contributed by atoms with Crippen LogP contribution in [-0.4, -0.2) is 17.4 Å². The second-order valence-corrected chi connectivity index (χ2v) is 3.68. The molecule has 0 radical (unpaired) electrons. The Morgan fingerprint density at radius 2 is 2.00 bits per heavy atom. The van der Waals surface area contributed by atoms with E-state index < -0.39 is 33.7 Å². The number of carbonyl (C=O) groups excluding carboxylic acids is 1. The van der Waals surface area contributed by atoms with Crippen LogP contribution in [0.1, 0.15) is 17.3 Å². The first-order valence-corrected chi connectivity index (χ1v) is 4.89. The van der Waals surface area contributed by atoms with Crippen LogP contribution < -0.4 is 5.32 Å². The van der Waals surface area contributed by atoms with Gasteiger partial charge in [0.2, 0.25) is 0 Å². The zero-order valence-electron chi connectivity index (χ0n) is 9.50. The summed E-state index contributed by atoms with van der Waals surface area (Å²) in [7, 11) is 0. The number of rotatable bonds is 4. The lowest BCUT2D eigenvalue weighted by Crippen LogP contribution is -2.26. The third kappa shape index (κ3) is 3.09. The van der Waals surface area contributed by atoms with E-state index in [-0.39, 0.29) is 6.54 Å². The predicted octanol–water partition coefficient (Wildman–Crippen LogP) is 2.18. The largest absolute Gasteiger partial charge is 0.348 e. The maximum atomic E-state index is 13.0. The molecule has 0 saturated heterocycles. The monoisotopic (exact) mass is 256 g/mol. The molecule has 96 valence electrons. The van der Waals surface area contributed by atoms with E-state index >= 15 is 0 Å². The summed E-state index contributed by atoms with van der Waals surface area (Å²) in [5.74, 6) is -3.55. The molecular formula is C11H10F2N2O3. The van der Waals surface area contributed by atoms with Crippen LogP contribution in [0.15, 0.2) is 24.3 Å². The van der Waals surface area contributed by atoms with Gasteiger partial charge in [-0.25, -0.2) is 8.78 Å². The molecule has 0 aromatic heterocycles. The molecule has 0 spiro atoms. The molecule has 0 aliphatic rings. The normalized spacial score (nSPS) is 9.94. The molecule has 1 N–H and O–H groups in total. The number of benzene rings is 1. The number of nitro benzene ring substituents is 1. The highest BCUT2D eigenvalue weighted by Gasteiger charge is 2.23. The van der Waals surface area contributed by atoms with Gasteiger partial charge >= 0.3 is 0 Å². The van der Waals surface area contributed by atoms with Crippen LogP contribution in [0.3, 0.4) is 0 Å². The molecule has 0 fully saturated rings. The number of amides is 1. The summed E-state index contributed by atoms with van der Waals surface area (Å²) in [5, 5.41) is 13.0. The first-order valence-electron chi connectivity index (χ1n) is 4.89. The molecule has 5 nitrogen and oxygen atoms in total. The highest BCUT2D eigenvalue weighted by Crippen LogP contribution is 2.22. The topological polar surface area (TPSA) is 72.2 Å². The van der Waals surface area contributed by atoms with Crippen LogP contribution in [0.4, 0.5) is 14.5 Å². The minimum atomic E-state index is -1.38. The molecule has 0 unspecified atom stereocenters. The molecule has 7 heteroatoms. The average Bonchev–Trinajstić information content (AvgIpc) is 2.28. The lowest BCUT2D eigenvalue weighted by atomic mass is 10.1. The van der Waals surface area contributed by atoms with Crippen molar-refractivity contribution in [1.29, 1.82) is 0 Å². The summed E-state index contributed by atoms with van der Waals surface area (Å²) >= 11 is 0. The molecule has 18 heavy (non-hydrogen) atoms. The van der Waals surface area contributed by atoms with Gasteiger partial charge in [0.15, 0.2) is 11.6 Å². The average molecular weight is 256 g/mol. The van der Waals surface area contributed by atoms with Gasteiger partial charge in [0.05, 0.1) is 11.0 Å². The van der Waals surface area contributed by atoms with Gasteiger partial charge in [-0.1, -0.05) is 12.2 Å². The molecule has 0 saturated carbocycles. The number of nitrogens with one attached hydrogen (secondary N) is 1. The van der Waals surface area contributed by atoms with Crippen molar-refractivity contribution in [2.45, 2.75) is 6.92 Å². The molecule has 0 heterocycles. The fourth-order valence-electron chi connectivity index (χ4n) is 1.20. The maximum Gasteiger partial charge on any atom is 0.285 e. The number of hydrogen-bond acceptors (Lipinski definition) is 3. The van der Waals surface area contributed by atoms with Gasteiger partial charge in [-0.3, -0.25) is 14.9 Å². The number of hydrogen-bond donors (Lipinski definition) is 1. The Kier molecular flexibility index (Phi) is 4.09. The van der Waals surface area contributed by atoms with Crippen LogP contribution in [0.25, 0.3) is 0 Å². The Hall–Kier alpha value is -2.31. The first kappa shape index (κ1) is 13.8. The van der Waals surface area contributed by atoms with Gasteiger partial charge < -0.3 is 5.32 Å². The number of nitro groups is 1. The number of halogens is 2. The highest BCUT2D eigenvalue weighted by molar-refractivity contribution is 5.98. The van der Waals surface area contributed by atoms with Crippen molar-refractivity contribution in [1.82, 2.24) is 5.32 Å². The van der Waals surface area contributed by atoms with Crippen molar-refractivity contribution in [3.63, 3.8) is 0 Å². The minimum absolute atomic E-state index is 0.0922. The quantitative estimate of drug-likeness (QED) is 0.509. The summed E-state index contributed by atoms with van der Waals surface area (Å²) in [6, 6.07) is 0.881. The number of nitrogens with zero attached hydrogens (tertiary/aromatic N) is 1. The highest BCUT2D eigenvalue weighted by atomic mass is 19.2. The Bertz CT molecular complexity index is 529. The van der Waals surface area contributed by atoms with Gasteiger partial charge in [0, 0.05) is 6.54 Å². The SMILES string of the molecule is C=C(C)CNC(=O)c1cc(F)c(F)cc1[N+](=O)[O-]. The Labute approximate surface area is 101 Å². The molecule has 1 aromatic rings. The van der Waals surface area contributed by atoms with Crippen molar-refractivity contribution < 1.29 is 18.5 Å². The van der Waals surface area contributed by atoms with Gasteiger partial charge in [-0.15, -0.1) is 0 Å². The smallest absolute Gasteiger partial charge is 0.285 e. The van der Waals surface area contributed by atoms with Gasteiger partial charge in [-0.05, 0) is 13.0 Å². The Balaban J connectivity index is 3.13. The van der Waals surface area contributed by atoms with E-state index in [2.05, 4.69) is 11.9 Å². The molecule has 1 aromatic carbocycles. The van der Waals surface area contributed by atoms with Gasteiger partial charge in [-0.2, -0.15) is 0 Å². The van der Waals surface area contributed by atoms with E-state index in [4.69, 9.17) is 0 Å². The van der Waals surface area contributed by atoms with Crippen LogP contribution in [-0.2, 0) is 0 Å². The van der Waals surface area contributed by atoms with Crippen molar-refractivity contribution in [2.24, 2.45) is 0 Å². The lowest BCUT2D eigenvalue weighted by molar-refractivity contribution is -0.385. The van der Waals surface area contributed by atoms with Crippen LogP contribution in [0.2, 0.25) is 0 Å². The Morgan fingerprint density at radius 3 is 2.50 bits per heavy atom. The van der Waals surface area contributed by atoms with E-state index in [1.165, 1.54) is 0 Å². The third-order valence-electron chi connectivity index (χ3n) is 2.03. The van der Waals surface area contributed by atoms with Gasteiger partial charge in [0.1, 0.15) is 5.56 Å². The van der Waals surface area contributed by atoms with Crippen LogP contribution in [0, 0.1) is 21.7 Å². The second-order valence-electron chi connectivity index (χ2n) is 3.68. The zero-order chi connectivity index (χ0) is 13.9. The molecule has 0 aliphatic heterocycles. The molecule has 0 bridgehead atoms. The molecular weight excluding hydrogens is 246 g/mol. The van der Waals surface area contributed by atoms with Crippen molar-refractivity contribution in [3.05, 3.63) is 51.6 Å². The van der Waals surface area contributed by atoms with Crippen LogP contribution >= 0.6 is 0 Å². The third-order valence-corrected chi connectivity index (χ3v) is 2.03. The fourth-order valence-corrected chi connectivity index (χ4v) is 1.20. The standard InChI is InChI=1S/C11H10F2N2O3/c1-6(2)5-14-11(16)7-3-8(12)9(13)4-10(7)15(17)18/h3-4H,1,5H2,2H3,(H,14,16). The van der Waals surface area contributed by atoms with E-state index in [0.717, 1.165) is 0 Å². The maximum absolute atomic E-state index is 13.0. The van der Waals surface area contributed by atoms with Gasteiger partial charge in [0.25, 0.3) is 11.6 Å². The fraction of sp³-hybridized carbons (Fsp3) is 0.182. The number of carbonyl (C=O) groups is 1. The van der Waals surface area contributed by atoms with E-state index in [1.54, 1.807) is 6.92 Å². The predicted molar refractivity (Wildman–Crippen MR) is 60.2 cm³/mol. The summed E-state index contributed by atoms with van der Waals surface area (Å²) in [6.07, 6.45) is 0. The zero-order valence-corrected chi connectivity index (χ0v) is 9.50. The summed E-state index contributed by atoms with van der Waals surface area (Å²) in [6.45, 7) is 5.26. The summed E-state index contributed by atoms with van der Waals surface area (Å²) in [5.41, 5.74) is -0.693. The molecule has 1 amide bonds. The van der Waals surface area contributed by atoms with E-state index in [1.807, 2.05) is 0 Å². The summed E-state index contributed by atoms with van der Waals surface area (Å²) < 4.78 is 25.9. The first-order chi connectivity index (χ1) is 8.32. The molecule has 0 atom stereocenters. The van der Waals surface area contributed by atoms with E-state index in [9.17, 15) is 23.7 Å². The minimum Gasteiger partial charge on any atom is -0.348 e. The Morgan fingerprint density at radius 1 is 1.44 bits per heavy atom. The van der Waals surface area contributed by atoms with Crippen molar-refractivity contribution in [3.8, 4) is 0 Å². The molecule has 0 aliphatic carbocycles. The summed E-state index contributed by atoms with van der Waals surface area (Å²) in [4.78, 5) is 21.3. The van der Waals surface area contributed by atoms with Crippen LogP contribution in [0.5, 0.6) is 0 Å². The molecule has 1 rings (SSSR count). The second kappa shape index (κ2) is 5.35. The van der Waals surface area contributed by atoms with Crippen molar-refractivity contribution in [2.75, 3.05) is 6.54 Å². The van der Waals surface area contributed by atoms with Crippen molar-refractivity contribution >= 4 is 11.6 Å².